The van der Waals surface area contributed by atoms with E-state index in [1.54, 1.807) is 54.6 Å². The number of halogens is 1. The van der Waals surface area contributed by atoms with E-state index in [-0.39, 0.29) is 10.5 Å². The zero-order valence-electron chi connectivity index (χ0n) is 17.4. The number of benzene rings is 3. The maximum absolute atomic E-state index is 12.8. The molecule has 1 amide bonds. The van der Waals surface area contributed by atoms with E-state index in [4.69, 9.17) is 16.3 Å². The van der Waals surface area contributed by atoms with Gasteiger partial charge in [0.1, 0.15) is 0 Å². The van der Waals surface area contributed by atoms with Gasteiger partial charge in [-0.3, -0.25) is 9.10 Å². The minimum Gasteiger partial charge on any atom is -0.449 e. The number of amides is 1. The number of esters is 1. The van der Waals surface area contributed by atoms with Crippen LogP contribution in [0.15, 0.2) is 83.8 Å². The molecule has 0 aromatic heterocycles. The normalized spacial score (nSPS) is 12.0. The SMILES string of the molecule is CC(OC(=O)c1ccc(S(=O)(=O)N(C)c2ccccc2)cc1)C(=O)Nc1ccc(Cl)cc1. The van der Waals surface area contributed by atoms with Gasteiger partial charge >= 0.3 is 5.97 Å². The zero-order chi connectivity index (χ0) is 23.3. The first-order valence-electron chi connectivity index (χ1n) is 9.60. The Balaban J connectivity index is 1.65. The van der Waals surface area contributed by atoms with Crippen LogP contribution in [0.3, 0.4) is 0 Å². The van der Waals surface area contributed by atoms with Crippen molar-refractivity contribution in [3.8, 4) is 0 Å². The average molecular weight is 473 g/mol. The van der Waals surface area contributed by atoms with Gasteiger partial charge in [0, 0.05) is 17.8 Å². The topological polar surface area (TPSA) is 92.8 Å². The Labute approximate surface area is 191 Å². The van der Waals surface area contributed by atoms with Gasteiger partial charge in [0.15, 0.2) is 6.10 Å². The van der Waals surface area contributed by atoms with E-state index in [1.165, 1.54) is 38.2 Å². The van der Waals surface area contributed by atoms with Crippen molar-refractivity contribution in [1.82, 2.24) is 0 Å². The second-order valence-corrected chi connectivity index (χ2v) is 9.28. The number of hydrogen-bond donors (Lipinski definition) is 1. The smallest absolute Gasteiger partial charge is 0.338 e. The predicted octanol–water partition coefficient (Wildman–Crippen LogP) is 4.35. The second kappa shape index (κ2) is 9.84. The van der Waals surface area contributed by atoms with Crippen LogP contribution in [0.5, 0.6) is 0 Å². The van der Waals surface area contributed by atoms with E-state index < -0.39 is 28.0 Å². The van der Waals surface area contributed by atoms with Crippen molar-refractivity contribution in [2.75, 3.05) is 16.7 Å². The van der Waals surface area contributed by atoms with E-state index in [9.17, 15) is 18.0 Å². The molecule has 9 heteroatoms. The third kappa shape index (κ3) is 5.46. The lowest BCUT2D eigenvalue weighted by Gasteiger charge is -2.19. The molecule has 1 N–H and O–H groups in total. The first-order valence-corrected chi connectivity index (χ1v) is 11.4. The molecule has 0 bridgehead atoms. The Morgan fingerprint density at radius 3 is 2.12 bits per heavy atom. The zero-order valence-corrected chi connectivity index (χ0v) is 18.9. The van der Waals surface area contributed by atoms with Crippen molar-refractivity contribution < 1.29 is 22.7 Å². The minimum atomic E-state index is -3.80. The summed E-state index contributed by atoms with van der Waals surface area (Å²) in [5, 5.41) is 3.15. The largest absolute Gasteiger partial charge is 0.449 e. The van der Waals surface area contributed by atoms with Crippen LogP contribution in [-0.4, -0.2) is 33.4 Å². The molecule has 166 valence electrons. The molecule has 3 aromatic rings. The summed E-state index contributed by atoms with van der Waals surface area (Å²) in [4.78, 5) is 24.7. The van der Waals surface area contributed by atoms with E-state index in [2.05, 4.69) is 5.32 Å². The molecule has 0 saturated heterocycles. The highest BCUT2D eigenvalue weighted by atomic mass is 35.5. The lowest BCUT2D eigenvalue weighted by molar-refractivity contribution is -0.123. The van der Waals surface area contributed by atoms with Crippen LogP contribution < -0.4 is 9.62 Å². The number of carbonyl (C=O) groups excluding carboxylic acids is 2. The Bertz CT molecular complexity index is 1200. The summed E-state index contributed by atoms with van der Waals surface area (Å²) in [6, 6.07) is 20.5. The summed E-state index contributed by atoms with van der Waals surface area (Å²) >= 11 is 5.81. The number of sulfonamides is 1. The van der Waals surface area contributed by atoms with E-state index in [0.717, 1.165) is 4.31 Å². The van der Waals surface area contributed by atoms with Crippen molar-refractivity contribution in [1.29, 1.82) is 0 Å². The molecule has 3 rings (SSSR count). The van der Waals surface area contributed by atoms with Gasteiger partial charge in [-0.05, 0) is 67.6 Å². The van der Waals surface area contributed by atoms with Crippen molar-refractivity contribution in [3.05, 3.63) is 89.4 Å². The monoisotopic (exact) mass is 472 g/mol. The molecular weight excluding hydrogens is 452 g/mol. The van der Waals surface area contributed by atoms with Crippen LogP contribution >= 0.6 is 11.6 Å². The van der Waals surface area contributed by atoms with Gasteiger partial charge in [-0.2, -0.15) is 0 Å². The van der Waals surface area contributed by atoms with E-state index in [0.29, 0.717) is 16.4 Å². The third-order valence-corrected chi connectivity index (χ3v) is 6.68. The summed E-state index contributed by atoms with van der Waals surface area (Å²) in [6.07, 6.45) is -1.06. The standard InChI is InChI=1S/C23H21ClN2O5S/c1-16(22(27)25-19-12-10-18(24)11-13-19)31-23(28)17-8-14-21(15-9-17)32(29,30)26(2)20-6-4-3-5-7-20/h3-16H,1-2H3,(H,25,27). The molecule has 0 aliphatic carbocycles. The van der Waals surface area contributed by atoms with Crippen molar-refractivity contribution >= 4 is 44.9 Å². The van der Waals surface area contributed by atoms with Gasteiger partial charge in [-0.15, -0.1) is 0 Å². The van der Waals surface area contributed by atoms with Gasteiger partial charge in [-0.25, -0.2) is 13.2 Å². The van der Waals surface area contributed by atoms with Gasteiger partial charge < -0.3 is 10.1 Å². The first kappa shape index (κ1) is 23.3. The predicted molar refractivity (Wildman–Crippen MR) is 123 cm³/mol. The van der Waals surface area contributed by atoms with Crippen molar-refractivity contribution in [2.24, 2.45) is 0 Å². The molecular formula is C23H21ClN2O5S. The van der Waals surface area contributed by atoms with Gasteiger partial charge in [-0.1, -0.05) is 29.8 Å². The fourth-order valence-electron chi connectivity index (χ4n) is 2.76. The van der Waals surface area contributed by atoms with Crippen molar-refractivity contribution in [2.45, 2.75) is 17.9 Å². The number of hydrogen-bond acceptors (Lipinski definition) is 5. The number of anilines is 2. The summed E-state index contributed by atoms with van der Waals surface area (Å²) in [6.45, 7) is 1.44. The molecule has 1 unspecified atom stereocenters. The fourth-order valence-corrected chi connectivity index (χ4v) is 4.08. The lowest BCUT2D eigenvalue weighted by Crippen LogP contribution is -2.30. The summed E-state index contributed by atoms with van der Waals surface area (Å²) < 4.78 is 32.0. The molecule has 3 aromatic carbocycles. The van der Waals surface area contributed by atoms with Gasteiger partial charge in [0.05, 0.1) is 16.1 Å². The minimum absolute atomic E-state index is 0.0222. The first-order chi connectivity index (χ1) is 15.2. The third-order valence-electron chi connectivity index (χ3n) is 4.63. The number of carbonyl (C=O) groups is 2. The molecule has 7 nitrogen and oxygen atoms in total. The van der Waals surface area contributed by atoms with Crippen molar-refractivity contribution in [3.63, 3.8) is 0 Å². The average Bonchev–Trinajstić information content (AvgIpc) is 2.80. The highest BCUT2D eigenvalue weighted by molar-refractivity contribution is 7.92. The molecule has 0 heterocycles. The molecule has 0 spiro atoms. The fraction of sp³-hybridized carbons (Fsp3) is 0.130. The van der Waals surface area contributed by atoms with Gasteiger partial charge in [0.2, 0.25) is 0 Å². The summed E-state index contributed by atoms with van der Waals surface area (Å²) in [5.74, 6) is -1.26. The molecule has 32 heavy (non-hydrogen) atoms. The number of nitrogens with zero attached hydrogens (tertiary/aromatic N) is 1. The Morgan fingerprint density at radius 2 is 1.53 bits per heavy atom. The van der Waals surface area contributed by atoms with Crippen LogP contribution in [0, 0.1) is 0 Å². The van der Waals surface area contributed by atoms with Crippen LogP contribution in [0.2, 0.25) is 5.02 Å². The highest BCUT2D eigenvalue weighted by Crippen LogP contribution is 2.22. The van der Waals surface area contributed by atoms with Crippen LogP contribution in [-0.2, 0) is 19.6 Å². The maximum Gasteiger partial charge on any atom is 0.338 e. The molecule has 0 radical (unpaired) electrons. The number of ether oxygens (including phenoxy) is 1. The van der Waals surface area contributed by atoms with E-state index in [1.807, 2.05) is 0 Å². The Morgan fingerprint density at radius 1 is 0.938 bits per heavy atom. The Hall–Kier alpha value is -3.36. The second-order valence-electron chi connectivity index (χ2n) is 6.88. The van der Waals surface area contributed by atoms with Crippen LogP contribution in [0.1, 0.15) is 17.3 Å². The molecule has 1 atom stereocenters. The molecule has 0 fully saturated rings. The number of para-hydroxylation sites is 1. The number of nitrogens with one attached hydrogen (secondary N) is 1. The number of rotatable bonds is 7. The van der Waals surface area contributed by atoms with Crippen LogP contribution in [0.4, 0.5) is 11.4 Å². The maximum atomic E-state index is 12.8. The van der Waals surface area contributed by atoms with Crippen LogP contribution in [0.25, 0.3) is 0 Å². The molecule has 0 aliphatic heterocycles. The molecule has 0 saturated carbocycles. The lowest BCUT2D eigenvalue weighted by atomic mass is 10.2. The highest BCUT2D eigenvalue weighted by Gasteiger charge is 2.23. The quantitative estimate of drug-likeness (QED) is 0.516. The Kier molecular flexibility index (Phi) is 7.17. The van der Waals surface area contributed by atoms with E-state index >= 15 is 0 Å². The molecule has 0 aliphatic rings. The van der Waals surface area contributed by atoms with Gasteiger partial charge in [0.25, 0.3) is 15.9 Å². The summed E-state index contributed by atoms with van der Waals surface area (Å²) in [5.41, 5.74) is 1.15. The summed E-state index contributed by atoms with van der Waals surface area (Å²) in [7, 11) is -2.35.